The molecule has 5 rings (SSSR count). The lowest BCUT2D eigenvalue weighted by Crippen LogP contribution is -2.30. The highest BCUT2D eigenvalue weighted by atomic mass is 15.3. The molecule has 1 aliphatic rings. The van der Waals surface area contributed by atoms with E-state index in [-0.39, 0.29) is 0 Å². The second kappa shape index (κ2) is 8.35. The standard InChI is InChI=1S/C24H27N7/c1-16-17(2)27-24(29-23(16)28-20-8-9-22-19(14-20)15-26-30-22)31-12-10-21(25-11-13-31)18-6-4-3-5-7-18/h3-9,14-15,21,25H,10-13H2,1-2H3,(H,26,30)(H,27,28,29). The maximum atomic E-state index is 4.91. The summed E-state index contributed by atoms with van der Waals surface area (Å²) in [7, 11) is 0. The van der Waals surface area contributed by atoms with Crippen molar-refractivity contribution in [3.63, 3.8) is 0 Å². The van der Waals surface area contributed by atoms with Crippen molar-refractivity contribution in [2.24, 2.45) is 0 Å². The van der Waals surface area contributed by atoms with Crippen molar-refractivity contribution in [1.82, 2.24) is 25.5 Å². The van der Waals surface area contributed by atoms with E-state index in [9.17, 15) is 0 Å². The van der Waals surface area contributed by atoms with Crippen LogP contribution in [0.25, 0.3) is 10.9 Å². The Labute approximate surface area is 181 Å². The van der Waals surface area contributed by atoms with E-state index in [1.165, 1.54) is 5.56 Å². The molecule has 7 heteroatoms. The van der Waals surface area contributed by atoms with E-state index in [0.717, 1.165) is 65.7 Å². The van der Waals surface area contributed by atoms with Crippen LogP contribution < -0.4 is 15.5 Å². The molecule has 1 fully saturated rings. The molecule has 2 aromatic heterocycles. The minimum absolute atomic E-state index is 0.358. The topological polar surface area (TPSA) is 81.8 Å². The quantitative estimate of drug-likeness (QED) is 0.464. The summed E-state index contributed by atoms with van der Waals surface area (Å²) in [4.78, 5) is 12.0. The number of benzene rings is 2. The van der Waals surface area contributed by atoms with Crippen molar-refractivity contribution < 1.29 is 0 Å². The van der Waals surface area contributed by atoms with Crippen LogP contribution in [0.2, 0.25) is 0 Å². The Balaban J connectivity index is 1.37. The average Bonchev–Trinajstić information content (AvgIpc) is 3.12. The van der Waals surface area contributed by atoms with Gasteiger partial charge in [-0.1, -0.05) is 30.3 Å². The summed E-state index contributed by atoms with van der Waals surface area (Å²) in [5.74, 6) is 1.63. The Morgan fingerprint density at radius 3 is 2.77 bits per heavy atom. The molecule has 0 saturated carbocycles. The second-order valence-electron chi connectivity index (χ2n) is 8.07. The van der Waals surface area contributed by atoms with Crippen LogP contribution in [0.1, 0.15) is 29.3 Å². The van der Waals surface area contributed by atoms with Gasteiger partial charge >= 0.3 is 0 Å². The van der Waals surface area contributed by atoms with Crippen molar-refractivity contribution in [2.45, 2.75) is 26.3 Å². The number of H-pyrrole nitrogens is 1. The molecule has 4 aromatic rings. The molecule has 2 aromatic carbocycles. The van der Waals surface area contributed by atoms with Crippen LogP contribution in [0, 0.1) is 13.8 Å². The number of aryl methyl sites for hydroxylation is 1. The number of nitrogens with one attached hydrogen (secondary N) is 3. The van der Waals surface area contributed by atoms with Gasteiger partial charge in [-0.05, 0) is 44.0 Å². The van der Waals surface area contributed by atoms with Gasteiger partial charge in [-0.25, -0.2) is 4.98 Å². The van der Waals surface area contributed by atoms with Crippen LogP contribution >= 0.6 is 0 Å². The maximum Gasteiger partial charge on any atom is 0.227 e. The van der Waals surface area contributed by atoms with E-state index in [0.29, 0.717) is 6.04 Å². The summed E-state index contributed by atoms with van der Waals surface area (Å²) in [6.45, 7) is 6.80. The molecule has 0 aliphatic carbocycles. The summed E-state index contributed by atoms with van der Waals surface area (Å²) in [5, 5.41) is 15.3. The van der Waals surface area contributed by atoms with Gasteiger partial charge in [0.2, 0.25) is 5.95 Å². The first kappa shape index (κ1) is 19.5. The van der Waals surface area contributed by atoms with Crippen molar-refractivity contribution in [3.05, 3.63) is 71.5 Å². The van der Waals surface area contributed by atoms with Crippen LogP contribution in [-0.4, -0.2) is 39.8 Å². The highest BCUT2D eigenvalue weighted by Crippen LogP contribution is 2.26. The predicted octanol–water partition coefficient (Wildman–Crippen LogP) is 4.25. The summed E-state index contributed by atoms with van der Waals surface area (Å²) < 4.78 is 0. The largest absolute Gasteiger partial charge is 0.340 e. The third kappa shape index (κ3) is 4.09. The van der Waals surface area contributed by atoms with E-state index in [1.54, 1.807) is 0 Å². The lowest BCUT2D eigenvalue weighted by Gasteiger charge is -2.22. The number of anilines is 3. The van der Waals surface area contributed by atoms with Crippen LogP contribution in [0.4, 0.5) is 17.5 Å². The molecule has 3 N–H and O–H groups in total. The minimum Gasteiger partial charge on any atom is -0.340 e. The monoisotopic (exact) mass is 413 g/mol. The smallest absolute Gasteiger partial charge is 0.227 e. The average molecular weight is 414 g/mol. The zero-order valence-electron chi connectivity index (χ0n) is 17.9. The molecule has 1 unspecified atom stereocenters. The van der Waals surface area contributed by atoms with Gasteiger partial charge in [0.25, 0.3) is 0 Å². The highest BCUT2D eigenvalue weighted by molar-refractivity contribution is 5.82. The Bertz CT molecular complexity index is 1190. The first-order chi connectivity index (χ1) is 15.2. The number of rotatable bonds is 4. The SMILES string of the molecule is Cc1nc(N2CCNC(c3ccccc3)CC2)nc(Nc2ccc3[nH]ncc3c2)c1C. The molecule has 31 heavy (non-hydrogen) atoms. The normalized spacial score (nSPS) is 17.0. The van der Waals surface area contributed by atoms with Gasteiger partial charge in [0, 0.05) is 48.0 Å². The lowest BCUT2D eigenvalue weighted by atomic mass is 10.0. The lowest BCUT2D eigenvalue weighted by molar-refractivity contribution is 0.550. The number of hydrogen-bond donors (Lipinski definition) is 3. The van der Waals surface area contributed by atoms with Gasteiger partial charge in [0.15, 0.2) is 0 Å². The van der Waals surface area contributed by atoms with Crippen molar-refractivity contribution >= 4 is 28.4 Å². The van der Waals surface area contributed by atoms with Crippen molar-refractivity contribution in [1.29, 1.82) is 0 Å². The number of aromatic nitrogens is 4. The van der Waals surface area contributed by atoms with Gasteiger partial charge in [0.05, 0.1) is 11.7 Å². The zero-order valence-corrected chi connectivity index (χ0v) is 17.9. The Morgan fingerprint density at radius 1 is 1.03 bits per heavy atom. The van der Waals surface area contributed by atoms with E-state index in [2.05, 4.69) is 69.1 Å². The van der Waals surface area contributed by atoms with Crippen molar-refractivity contribution in [2.75, 3.05) is 29.9 Å². The molecule has 1 atom stereocenters. The van der Waals surface area contributed by atoms with Crippen LogP contribution in [-0.2, 0) is 0 Å². The third-order valence-corrected chi connectivity index (χ3v) is 6.03. The summed E-state index contributed by atoms with van der Waals surface area (Å²) in [6.07, 6.45) is 2.84. The second-order valence-corrected chi connectivity index (χ2v) is 8.07. The minimum atomic E-state index is 0.358. The Hall–Kier alpha value is -3.45. The fourth-order valence-corrected chi connectivity index (χ4v) is 4.08. The van der Waals surface area contributed by atoms with Gasteiger partial charge in [-0.3, -0.25) is 5.10 Å². The summed E-state index contributed by atoms with van der Waals surface area (Å²) >= 11 is 0. The van der Waals surface area contributed by atoms with Crippen molar-refractivity contribution in [3.8, 4) is 0 Å². The maximum absolute atomic E-state index is 4.91. The molecule has 0 radical (unpaired) electrons. The fourth-order valence-electron chi connectivity index (χ4n) is 4.08. The van der Waals surface area contributed by atoms with E-state index in [1.807, 2.05) is 25.3 Å². The molecule has 0 spiro atoms. The number of aromatic amines is 1. The first-order valence-corrected chi connectivity index (χ1v) is 10.8. The van der Waals surface area contributed by atoms with E-state index >= 15 is 0 Å². The summed E-state index contributed by atoms with van der Waals surface area (Å²) in [5.41, 5.74) is 5.40. The summed E-state index contributed by atoms with van der Waals surface area (Å²) in [6, 6.07) is 17.2. The molecule has 158 valence electrons. The molecule has 0 bridgehead atoms. The molecule has 1 saturated heterocycles. The number of fused-ring (bicyclic) bond motifs is 1. The van der Waals surface area contributed by atoms with Gasteiger partial charge < -0.3 is 15.5 Å². The fraction of sp³-hybridized carbons (Fsp3) is 0.292. The van der Waals surface area contributed by atoms with Crippen LogP contribution in [0.3, 0.4) is 0 Å². The molecular formula is C24H27N7. The third-order valence-electron chi connectivity index (χ3n) is 6.03. The molecule has 1 aliphatic heterocycles. The van der Waals surface area contributed by atoms with E-state index < -0.39 is 0 Å². The Kier molecular flexibility index (Phi) is 5.26. The predicted molar refractivity (Wildman–Crippen MR) is 125 cm³/mol. The van der Waals surface area contributed by atoms with Crippen LogP contribution in [0.5, 0.6) is 0 Å². The van der Waals surface area contributed by atoms with Gasteiger partial charge in [-0.2, -0.15) is 10.1 Å². The number of nitrogens with zero attached hydrogens (tertiary/aromatic N) is 4. The van der Waals surface area contributed by atoms with Gasteiger partial charge in [-0.15, -0.1) is 0 Å². The molecule has 0 amide bonds. The molecular weight excluding hydrogens is 386 g/mol. The van der Waals surface area contributed by atoms with Crippen LogP contribution in [0.15, 0.2) is 54.7 Å². The first-order valence-electron chi connectivity index (χ1n) is 10.8. The molecule has 7 nitrogen and oxygen atoms in total. The number of hydrogen-bond acceptors (Lipinski definition) is 6. The van der Waals surface area contributed by atoms with Gasteiger partial charge in [0.1, 0.15) is 5.82 Å². The zero-order chi connectivity index (χ0) is 21.2. The highest BCUT2D eigenvalue weighted by Gasteiger charge is 2.21. The van der Waals surface area contributed by atoms with E-state index in [4.69, 9.17) is 9.97 Å². The molecule has 3 heterocycles. The Morgan fingerprint density at radius 2 is 1.90 bits per heavy atom.